The first kappa shape index (κ1) is 29.9. The molecule has 0 heterocycles. The zero-order valence-electron chi connectivity index (χ0n) is 22.2. The Bertz CT molecular complexity index is 932. The molecule has 8 nitrogen and oxygen atoms in total. The Labute approximate surface area is 221 Å². The molecule has 0 aromatic heterocycles. The second-order valence-corrected chi connectivity index (χ2v) is 9.71. The van der Waals surface area contributed by atoms with Crippen LogP contribution in [-0.4, -0.2) is 71.8 Å². The number of carbonyl (C=O) groups is 3. The highest BCUT2D eigenvalue weighted by Crippen LogP contribution is 2.13. The molecular formula is C29H42N5O3+. The summed E-state index contributed by atoms with van der Waals surface area (Å²) >= 11 is 0. The smallest absolute Gasteiger partial charge is 0.247 e. The van der Waals surface area contributed by atoms with Gasteiger partial charge in [-0.05, 0) is 37.8 Å². The van der Waals surface area contributed by atoms with Gasteiger partial charge in [0.1, 0.15) is 12.0 Å². The Morgan fingerprint density at radius 3 is 1.84 bits per heavy atom. The fourth-order valence-electron chi connectivity index (χ4n) is 4.10. The molecule has 0 aliphatic heterocycles. The van der Waals surface area contributed by atoms with Crippen LogP contribution in [0.2, 0.25) is 0 Å². The van der Waals surface area contributed by atoms with Crippen molar-refractivity contribution in [1.29, 1.82) is 0 Å². The van der Waals surface area contributed by atoms with Gasteiger partial charge in [0.2, 0.25) is 17.7 Å². The minimum Gasteiger partial charge on any atom is -0.341 e. The average molecular weight is 509 g/mol. The van der Waals surface area contributed by atoms with E-state index in [0.29, 0.717) is 52.0 Å². The van der Waals surface area contributed by atoms with Crippen LogP contribution in [0.15, 0.2) is 60.7 Å². The van der Waals surface area contributed by atoms with Gasteiger partial charge in [0.15, 0.2) is 0 Å². The van der Waals surface area contributed by atoms with Crippen LogP contribution in [0.3, 0.4) is 0 Å². The highest BCUT2D eigenvalue weighted by Gasteiger charge is 2.35. The lowest BCUT2D eigenvalue weighted by molar-refractivity contribution is -0.141. The minimum absolute atomic E-state index is 0.165. The van der Waals surface area contributed by atoms with Gasteiger partial charge >= 0.3 is 0 Å². The average Bonchev–Trinajstić information content (AvgIpc) is 2.89. The quantitative estimate of drug-likeness (QED) is 0.317. The van der Waals surface area contributed by atoms with Crippen molar-refractivity contribution in [1.82, 2.24) is 15.1 Å². The summed E-state index contributed by atoms with van der Waals surface area (Å²) in [4.78, 5) is 42.5. The van der Waals surface area contributed by atoms with E-state index in [1.165, 1.54) is 0 Å². The van der Waals surface area contributed by atoms with Gasteiger partial charge in [0.25, 0.3) is 0 Å². The molecular weight excluding hydrogens is 466 g/mol. The third-order valence-corrected chi connectivity index (χ3v) is 6.20. The van der Waals surface area contributed by atoms with E-state index in [4.69, 9.17) is 11.5 Å². The van der Waals surface area contributed by atoms with Gasteiger partial charge in [-0.15, -0.1) is 0 Å². The fourth-order valence-corrected chi connectivity index (χ4v) is 4.10. The summed E-state index contributed by atoms with van der Waals surface area (Å²) in [6, 6.07) is 18.9. The molecule has 0 fully saturated rings. The number of benzene rings is 2. The summed E-state index contributed by atoms with van der Waals surface area (Å²) < 4.78 is 0. The number of amides is 3. The summed E-state index contributed by atoms with van der Waals surface area (Å²) in [5, 5.41) is 2.78. The van der Waals surface area contributed by atoms with Crippen LogP contribution in [0.25, 0.3) is 0 Å². The Kier molecular flexibility index (Phi) is 12.1. The third kappa shape index (κ3) is 9.90. The molecule has 0 bridgehead atoms. The van der Waals surface area contributed by atoms with Crippen LogP contribution in [-0.2, 0) is 27.2 Å². The predicted octanol–water partition coefficient (Wildman–Crippen LogP) is 1.92. The molecule has 0 aliphatic carbocycles. The number of carbonyl (C=O) groups excluding carboxylic acids is 3. The van der Waals surface area contributed by atoms with Gasteiger partial charge < -0.3 is 26.6 Å². The molecule has 0 saturated carbocycles. The number of nitrogens with zero attached hydrogens (tertiary/aromatic N) is 2. The number of rotatable bonds is 15. The molecule has 2 rings (SSSR count). The third-order valence-electron chi connectivity index (χ3n) is 6.20. The van der Waals surface area contributed by atoms with E-state index in [-0.39, 0.29) is 18.2 Å². The SMILES string of the molecule is [CH2+]CCN(CCN)C(=O)CC(N)C(=O)NC(C)(C)C(=O)N(CCc1ccccc1)CCc1ccccc1. The van der Waals surface area contributed by atoms with E-state index < -0.39 is 17.5 Å². The standard InChI is InChI=1S/C29H41N5O3/c1-4-18-33(21-17-30)26(35)22-25(31)27(36)32-29(2,3)28(37)34(19-15-23-11-7-5-8-12-23)20-16-24-13-9-6-10-14-24/h5-14,25H,1,4,15-22,30-31H2,2-3H3/p+1. The molecule has 200 valence electrons. The van der Waals surface area contributed by atoms with E-state index in [1.807, 2.05) is 60.7 Å². The summed E-state index contributed by atoms with van der Waals surface area (Å²) in [6.45, 7) is 9.28. The maximum Gasteiger partial charge on any atom is 0.247 e. The van der Waals surface area contributed by atoms with Crippen LogP contribution >= 0.6 is 0 Å². The highest BCUT2D eigenvalue weighted by atomic mass is 16.2. The zero-order valence-corrected chi connectivity index (χ0v) is 22.2. The van der Waals surface area contributed by atoms with Gasteiger partial charge in [-0.25, -0.2) is 0 Å². The van der Waals surface area contributed by atoms with Crippen molar-refractivity contribution in [2.24, 2.45) is 11.5 Å². The first-order valence-corrected chi connectivity index (χ1v) is 12.9. The lowest BCUT2D eigenvalue weighted by atomic mass is 10.0. The van der Waals surface area contributed by atoms with Gasteiger partial charge in [-0.2, -0.15) is 0 Å². The van der Waals surface area contributed by atoms with Gasteiger partial charge in [0, 0.05) is 26.2 Å². The first-order valence-electron chi connectivity index (χ1n) is 12.9. The van der Waals surface area contributed by atoms with Crippen LogP contribution < -0.4 is 16.8 Å². The van der Waals surface area contributed by atoms with Gasteiger partial charge in [-0.1, -0.05) is 60.7 Å². The summed E-state index contributed by atoms with van der Waals surface area (Å²) in [5.41, 5.74) is 12.7. The number of nitrogens with two attached hydrogens (primary N) is 2. The molecule has 0 radical (unpaired) electrons. The Morgan fingerprint density at radius 2 is 1.38 bits per heavy atom. The fraction of sp³-hybridized carbons (Fsp3) is 0.448. The summed E-state index contributed by atoms with van der Waals surface area (Å²) in [6.07, 6.45) is 1.77. The molecule has 0 aliphatic rings. The summed E-state index contributed by atoms with van der Waals surface area (Å²) in [7, 11) is 0. The normalized spacial score (nSPS) is 12.0. The van der Waals surface area contributed by atoms with E-state index in [9.17, 15) is 14.4 Å². The molecule has 0 spiro atoms. The zero-order chi connectivity index (χ0) is 27.3. The summed E-state index contributed by atoms with van der Waals surface area (Å²) in [5.74, 6) is -0.999. The highest BCUT2D eigenvalue weighted by molar-refractivity contribution is 5.94. The molecule has 2 aromatic rings. The molecule has 5 N–H and O–H groups in total. The molecule has 3 amide bonds. The molecule has 2 aromatic carbocycles. The second-order valence-electron chi connectivity index (χ2n) is 9.71. The maximum absolute atomic E-state index is 13.6. The molecule has 1 atom stereocenters. The van der Waals surface area contributed by atoms with E-state index in [2.05, 4.69) is 12.2 Å². The van der Waals surface area contributed by atoms with Crippen molar-refractivity contribution in [3.05, 3.63) is 78.7 Å². The first-order chi connectivity index (χ1) is 17.7. The van der Waals surface area contributed by atoms with Crippen molar-refractivity contribution >= 4 is 17.7 Å². The van der Waals surface area contributed by atoms with E-state index in [0.717, 1.165) is 11.1 Å². The molecule has 1 unspecified atom stereocenters. The predicted molar refractivity (Wildman–Crippen MR) is 147 cm³/mol. The van der Waals surface area contributed by atoms with E-state index >= 15 is 0 Å². The van der Waals surface area contributed by atoms with Crippen molar-refractivity contribution in [3.63, 3.8) is 0 Å². The minimum atomic E-state index is -1.20. The topological polar surface area (TPSA) is 122 Å². The van der Waals surface area contributed by atoms with Crippen molar-refractivity contribution in [2.75, 3.05) is 32.7 Å². The van der Waals surface area contributed by atoms with Crippen molar-refractivity contribution in [2.45, 2.75) is 51.1 Å². The number of hydrogen-bond acceptors (Lipinski definition) is 5. The van der Waals surface area contributed by atoms with Gasteiger partial charge in [0.05, 0.1) is 25.9 Å². The van der Waals surface area contributed by atoms with Crippen LogP contribution in [0.1, 0.15) is 37.8 Å². The van der Waals surface area contributed by atoms with Crippen LogP contribution in [0, 0.1) is 6.92 Å². The number of hydrogen-bond donors (Lipinski definition) is 3. The van der Waals surface area contributed by atoms with Crippen molar-refractivity contribution in [3.8, 4) is 0 Å². The van der Waals surface area contributed by atoms with Crippen molar-refractivity contribution < 1.29 is 14.4 Å². The number of nitrogens with one attached hydrogen (secondary N) is 1. The lowest BCUT2D eigenvalue weighted by Crippen LogP contribution is -2.59. The Morgan fingerprint density at radius 1 is 0.865 bits per heavy atom. The molecule has 0 saturated heterocycles. The molecule has 8 heteroatoms. The second kappa shape index (κ2) is 15.0. The van der Waals surface area contributed by atoms with Crippen LogP contribution in [0.5, 0.6) is 0 Å². The Balaban J connectivity index is 2.06. The maximum atomic E-state index is 13.6. The monoisotopic (exact) mass is 508 g/mol. The van der Waals surface area contributed by atoms with Gasteiger partial charge in [-0.3, -0.25) is 14.4 Å². The Hall–Kier alpha value is -3.36. The lowest BCUT2D eigenvalue weighted by Gasteiger charge is -2.33. The molecule has 37 heavy (non-hydrogen) atoms. The van der Waals surface area contributed by atoms with Crippen LogP contribution in [0.4, 0.5) is 0 Å². The largest absolute Gasteiger partial charge is 0.341 e. The van der Waals surface area contributed by atoms with E-state index in [1.54, 1.807) is 23.6 Å².